The first-order valence-electron chi connectivity index (χ1n) is 36.2. The van der Waals surface area contributed by atoms with Crippen LogP contribution in [-0.4, -0.2) is 178 Å². The molecule has 2 amide bonds. The smallest absolute Gasteiger partial charge is 0.377 e. The quantitative estimate of drug-likeness (QED) is 0.0144. The van der Waals surface area contributed by atoms with Crippen LogP contribution in [0.3, 0.4) is 0 Å². The molecule has 17 nitrogen and oxygen atoms in total. The molecule has 5 rings (SSSR count). The molecule has 0 bridgehead atoms. The lowest BCUT2D eigenvalue weighted by Gasteiger charge is -2.44. The van der Waals surface area contributed by atoms with Gasteiger partial charge in [-0.05, 0) is 144 Å². The summed E-state index contributed by atoms with van der Waals surface area (Å²) in [6.45, 7) is 22.9. The van der Waals surface area contributed by atoms with Gasteiger partial charge >= 0.3 is 5.97 Å². The molecule has 13 atom stereocenters. The number of hydrogen-bond acceptors (Lipinski definition) is 15. The minimum atomic E-state index is -1.47. The minimum Gasteiger partial charge on any atom is -0.505 e. The van der Waals surface area contributed by atoms with E-state index in [9.17, 15) is 45.0 Å². The molecule has 1 saturated heterocycles. The lowest BCUT2D eigenvalue weighted by atomic mass is 9.60. The van der Waals surface area contributed by atoms with Crippen molar-refractivity contribution in [2.24, 2.45) is 35.0 Å². The molecule has 17 heteroatoms. The molecule has 91 heavy (non-hydrogen) atoms. The lowest BCUT2D eigenvalue weighted by Crippen LogP contribution is -2.55. The van der Waals surface area contributed by atoms with E-state index in [-0.39, 0.29) is 44.0 Å². The molecule has 522 valence electrons. The third-order valence-corrected chi connectivity index (χ3v) is 20.9. The van der Waals surface area contributed by atoms with Crippen molar-refractivity contribution < 1.29 is 68.7 Å². The summed E-state index contributed by atoms with van der Waals surface area (Å²) in [4.78, 5) is 45.3. The fraction of sp³-hybridized carbons (Fsp3) is 0.824. The van der Waals surface area contributed by atoms with E-state index in [2.05, 4.69) is 65.5 Å². The highest BCUT2D eigenvalue weighted by molar-refractivity contribution is 5.89. The third kappa shape index (κ3) is 25.8. The second-order valence-electron chi connectivity index (χ2n) is 28.3. The number of rotatable bonds is 45. The van der Waals surface area contributed by atoms with Gasteiger partial charge in [0.15, 0.2) is 24.4 Å². The van der Waals surface area contributed by atoms with Crippen LogP contribution in [0, 0.1) is 35.0 Å². The summed E-state index contributed by atoms with van der Waals surface area (Å²) in [5.41, 5.74) is 4.51. The molecule has 0 aromatic rings. The number of cyclic esters (lactones) is 1. The Morgan fingerprint density at radius 2 is 1.44 bits per heavy atom. The average molecular weight is 1280 g/mol. The Balaban J connectivity index is 1.15. The number of fused-ring (bicyclic) bond motifs is 1. The number of esters is 1. The van der Waals surface area contributed by atoms with Gasteiger partial charge in [0.2, 0.25) is 17.6 Å². The zero-order valence-corrected chi connectivity index (χ0v) is 57.9. The highest BCUT2D eigenvalue weighted by Gasteiger charge is 2.50. The van der Waals surface area contributed by atoms with E-state index < -0.39 is 66.5 Å². The minimum absolute atomic E-state index is 0.00716. The van der Waals surface area contributed by atoms with Gasteiger partial charge in [0.25, 0.3) is 0 Å². The second-order valence-corrected chi connectivity index (χ2v) is 28.3. The molecule has 3 saturated carbocycles. The molecule has 6 N–H and O–H groups in total. The summed E-state index contributed by atoms with van der Waals surface area (Å²) in [7, 11) is 1.36. The Labute approximate surface area is 549 Å². The van der Waals surface area contributed by atoms with Gasteiger partial charge in [0.05, 0.1) is 31.5 Å². The molecule has 4 fully saturated rings. The Kier molecular flexibility index (Phi) is 36.0. The number of aliphatic hydroxyl groups is 6. The van der Waals surface area contributed by atoms with Gasteiger partial charge in [0, 0.05) is 71.6 Å². The topological polar surface area (TPSA) is 228 Å². The van der Waals surface area contributed by atoms with Gasteiger partial charge in [-0.15, -0.1) is 0 Å². The molecule has 5 aliphatic rings. The van der Waals surface area contributed by atoms with Crippen molar-refractivity contribution in [2.45, 2.75) is 290 Å². The molecule has 2 aliphatic heterocycles. The van der Waals surface area contributed by atoms with Crippen LogP contribution in [0.25, 0.3) is 0 Å². The largest absolute Gasteiger partial charge is 0.505 e. The molecule has 0 spiro atoms. The van der Waals surface area contributed by atoms with E-state index >= 15 is 0 Å². The number of nitrogens with zero attached hydrogens (tertiary/aromatic N) is 3. The van der Waals surface area contributed by atoms with Gasteiger partial charge < -0.3 is 69.0 Å². The highest BCUT2D eigenvalue weighted by atomic mass is 16.7. The first-order chi connectivity index (χ1) is 43.7. The third-order valence-electron chi connectivity index (χ3n) is 20.9. The van der Waals surface area contributed by atoms with E-state index in [4.69, 9.17) is 23.7 Å². The molecule has 0 aromatic heterocycles. The number of hydrogen-bond donors (Lipinski definition) is 6. The van der Waals surface area contributed by atoms with E-state index in [1.807, 2.05) is 21.6 Å². The van der Waals surface area contributed by atoms with Crippen molar-refractivity contribution in [3.8, 4) is 0 Å². The van der Waals surface area contributed by atoms with Crippen LogP contribution < -0.4 is 0 Å². The number of amides is 2. The van der Waals surface area contributed by atoms with Crippen LogP contribution in [0.4, 0.5) is 0 Å². The van der Waals surface area contributed by atoms with Crippen LogP contribution in [-0.2, 0) is 38.1 Å². The Morgan fingerprint density at radius 1 is 0.769 bits per heavy atom. The fourth-order valence-electron chi connectivity index (χ4n) is 15.1. The predicted octanol–water partition coefficient (Wildman–Crippen LogP) is 13.3. The first-order valence-corrected chi connectivity index (χ1v) is 36.2. The Bertz CT molecular complexity index is 2270. The number of aliphatic hydroxyl groups excluding tert-OH is 6. The van der Waals surface area contributed by atoms with E-state index in [1.54, 1.807) is 12.5 Å². The van der Waals surface area contributed by atoms with Crippen molar-refractivity contribution in [3.63, 3.8) is 0 Å². The summed E-state index contributed by atoms with van der Waals surface area (Å²) < 4.78 is 28.4. The predicted molar refractivity (Wildman–Crippen MR) is 360 cm³/mol. The van der Waals surface area contributed by atoms with Crippen molar-refractivity contribution in [2.75, 3.05) is 66.1 Å². The van der Waals surface area contributed by atoms with Crippen molar-refractivity contribution in [1.82, 2.24) is 14.7 Å². The maximum atomic E-state index is 14.2. The number of unbranched alkanes of at least 4 members (excludes halogenated alkanes) is 12. The van der Waals surface area contributed by atoms with E-state index in [1.165, 1.54) is 121 Å². The maximum absolute atomic E-state index is 14.2. The number of ether oxygens (including phenoxy) is 5. The summed E-state index contributed by atoms with van der Waals surface area (Å²) in [5, 5.41) is 63.2. The second kappa shape index (κ2) is 42.0. The molecular formula is C74H127N3O14. The highest BCUT2D eigenvalue weighted by Crippen LogP contribution is 2.60. The zero-order chi connectivity index (χ0) is 66.3. The summed E-state index contributed by atoms with van der Waals surface area (Å²) in [6, 6.07) is 0. The van der Waals surface area contributed by atoms with Gasteiger partial charge in [-0.2, -0.15) is 0 Å². The molecule has 0 aromatic carbocycles. The van der Waals surface area contributed by atoms with Crippen LogP contribution in [0.1, 0.15) is 241 Å². The monoisotopic (exact) mass is 1280 g/mol. The van der Waals surface area contributed by atoms with Crippen LogP contribution in [0.5, 0.6) is 0 Å². The van der Waals surface area contributed by atoms with Gasteiger partial charge in [0.1, 0.15) is 12.2 Å². The van der Waals surface area contributed by atoms with Gasteiger partial charge in [-0.3, -0.25) is 9.59 Å². The fourth-order valence-corrected chi connectivity index (χ4v) is 15.1. The van der Waals surface area contributed by atoms with Crippen LogP contribution in [0.15, 0.2) is 59.1 Å². The lowest BCUT2D eigenvalue weighted by molar-refractivity contribution is -0.288. The molecule has 5 unspecified atom stereocenters. The summed E-state index contributed by atoms with van der Waals surface area (Å²) in [5.74, 6) is -0.253. The Hall–Kier alpha value is -3.65. The van der Waals surface area contributed by atoms with Crippen LogP contribution in [0.2, 0.25) is 0 Å². The summed E-state index contributed by atoms with van der Waals surface area (Å²) in [6.07, 6.45) is 32.5. The van der Waals surface area contributed by atoms with Crippen molar-refractivity contribution >= 4 is 17.8 Å². The maximum Gasteiger partial charge on any atom is 0.377 e. The SMILES string of the molecule is C=C1CCC(OCCN(CCCN(CCCCN(CCC(O)OCC2OC(OC)[C@@H](O)[C@@H](O)[C@H]2C)C[C@H](O)[C@H]2OC(=O)C(O)=C2O)C(=O)CC)C(=O)CCCCCCC/C=C\CCCCCCCC)C/C1=C/C=C1\CCC[C@@]2(C)C1CC[C@@H]2[C@H](C)CCCC(C)C. The molecule has 3 aliphatic carbocycles. The zero-order valence-electron chi connectivity index (χ0n) is 57.9. The Morgan fingerprint density at radius 3 is 2.11 bits per heavy atom. The molecular weight excluding hydrogens is 1150 g/mol. The van der Waals surface area contributed by atoms with Crippen LogP contribution >= 0.6 is 0 Å². The number of methoxy groups -OCH3 is 1. The first kappa shape index (κ1) is 78.0. The number of carbonyl (C=O) groups is 3. The average Bonchev–Trinajstić information content (AvgIpc) is 1.67. The van der Waals surface area contributed by atoms with Crippen molar-refractivity contribution in [1.29, 1.82) is 0 Å². The molecule has 2 heterocycles. The van der Waals surface area contributed by atoms with E-state index in [0.29, 0.717) is 82.8 Å². The van der Waals surface area contributed by atoms with E-state index in [0.717, 1.165) is 69.1 Å². The number of carbonyl (C=O) groups excluding carboxylic acids is 3. The molecule has 0 radical (unpaired) electrons. The normalized spacial score (nSPS) is 27.4. The van der Waals surface area contributed by atoms with Crippen molar-refractivity contribution in [3.05, 3.63) is 59.1 Å². The summed E-state index contributed by atoms with van der Waals surface area (Å²) >= 11 is 0. The standard InChI is InChI=1S/C74H127N3O14/c1-10-12-13-14-15-16-17-18-19-20-21-22-23-24-25-34-65(80)77(48-49-88-59-38-35-54(5)58(50-59)37-36-57-33-29-42-74(8)60(39-40-61(57)74)55(6)32-28-31-53(3)4)46-30-45-76(64(79)11-2)44-27-26-43-75(51-62(78)71-68(83)69(84)72(86)91-71)47-41-66(81)89-52-63-56(7)67(82)70(85)73(87-9)90-63/h18-19,36-37,53,55-56,59-63,66-67,70-71,73,78,81-85H,5,10-17,20-35,38-52H2,1-4,6-9H3/b19-18-,57-36+,58-37-/t55-,56+,59?,60-,61?,62+,63?,66?,67+,70+,71-,73?,74-/m1/s1. The number of allylic oxidation sites excluding steroid dienone is 6. The van der Waals surface area contributed by atoms with Gasteiger partial charge in [-0.25, -0.2) is 4.79 Å². The van der Waals surface area contributed by atoms with Gasteiger partial charge in [-0.1, -0.05) is 161 Å².